The Morgan fingerprint density at radius 3 is 2.29 bits per heavy atom. The van der Waals surface area contributed by atoms with E-state index in [2.05, 4.69) is 6.92 Å². The van der Waals surface area contributed by atoms with Crippen molar-refractivity contribution < 1.29 is 29.9 Å². The minimum absolute atomic E-state index is 0.0664. The van der Waals surface area contributed by atoms with E-state index in [1.807, 2.05) is 6.92 Å². The van der Waals surface area contributed by atoms with E-state index >= 15 is 0 Å². The Labute approximate surface area is 126 Å². The van der Waals surface area contributed by atoms with Gasteiger partial charge < -0.3 is 29.9 Å². The van der Waals surface area contributed by atoms with Crippen LogP contribution in [-0.4, -0.2) is 63.8 Å². The van der Waals surface area contributed by atoms with Gasteiger partial charge in [0.05, 0.1) is 12.7 Å². The van der Waals surface area contributed by atoms with Gasteiger partial charge in [-0.25, -0.2) is 0 Å². The molecule has 1 heterocycles. The number of hydrogen-bond donors (Lipinski definition) is 4. The van der Waals surface area contributed by atoms with Gasteiger partial charge in [0, 0.05) is 0 Å². The van der Waals surface area contributed by atoms with E-state index in [9.17, 15) is 15.3 Å². The Kier molecular flexibility index (Phi) is 8.70. The highest BCUT2D eigenvalue weighted by Gasteiger charge is 2.44. The SMILES string of the molecule is CCCCCCC(CC)OC1O[C@H](CO)[C@@H](O)[C@H](O)[C@H]1O. The third kappa shape index (κ3) is 5.47. The summed E-state index contributed by atoms with van der Waals surface area (Å²) in [6.45, 7) is 3.72. The molecule has 126 valence electrons. The first-order valence-electron chi connectivity index (χ1n) is 8.01. The third-order valence-electron chi connectivity index (χ3n) is 4.01. The molecule has 2 unspecified atom stereocenters. The molecule has 6 nitrogen and oxygen atoms in total. The van der Waals surface area contributed by atoms with Crippen molar-refractivity contribution in [2.75, 3.05) is 6.61 Å². The molecule has 0 spiro atoms. The summed E-state index contributed by atoms with van der Waals surface area (Å²) in [7, 11) is 0. The average molecular weight is 306 g/mol. The second-order valence-corrected chi connectivity index (χ2v) is 5.71. The summed E-state index contributed by atoms with van der Waals surface area (Å²) < 4.78 is 11.1. The van der Waals surface area contributed by atoms with E-state index in [4.69, 9.17) is 14.6 Å². The topological polar surface area (TPSA) is 99.4 Å². The standard InChI is InChI=1S/C15H30O6/c1-3-5-6-7-8-10(4-2)20-15-14(19)13(18)12(17)11(9-16)21-15/h10-19H,3-9H2,1-2H3/t10?,11-,12-,13+,14-,15?/m1/s1. The average Bonchev–Trinajstić information content (AvgIpc) is 2.50. The summed E-state index contributed by atoms with van der Waals surface area (Å²) in [6.07, 6.45) is 0.175. The quantitative estimate of drug-likeness (QED) is 0.464. The summed E-state index contributed by atoms with van der Waals surface area (Å²) >= 11 is 0. The minimum Gasteiger partial charge on any atom is -0.394 e. The molecule has 0 aromatic rings. The van der Waals surface area contributed by atoms with Crippen LogP contribution in [0.3, 0.4) is 0 Å². The first kappa shape index (κ1) is 18.8. The van der Waals surface area contributed by atoms with Crippen molar-refractivity contribution in [2.24, 2.45) is 0 Å². The number of rotatable bonds is 9. The van der Waals surface area contributed by atoms with Crippen LogP contribution in [0.5, 0.6) is 0 Å². The zero-order chi connectivity index (χ0) is 15.8. The summed E-state index contributed by atoms with van der Waals surface area (Å²) in [5.41, 5.74) is 0. The Hall–Kier alpha value is -0.240. The minimum atomic E-state index is -1.38. The summed E-state index contributed by atoms with van der Waals surface area (Å²) in [5.74, 6) is 0. The predicted molar refractivity (Wildman–Crippen MR) is 77.7 cm³/mol. The second kappa shape index (κ2) is 9.71. The zero-order valence-electron chi connectivity index (χ0n) is 13.0. The van der Waals surface area contributed by atoms with Crippen LogP contribution in [0.4, 0.5) is 0 Å². The van der Waals surface area contributed by atoms with Gasteiger partial charge in [-0.1, -0.05) is 39.5 Å². The molecule has 0 aromatic heterocycles. The molecule has 1 aliphatic rings. The van der Waals surface area contributed by atoms with Crippen LogP contribution in [0.15, 0.2) is 0 Å². The van der Waals surface area contributed by atoms with Crippen molar-refractivity contribution in [1.29, 1.82) is 0 Å². The van der Waals surface area contributed by atoms with E-state index in [0.717, 1.165) is 25.7 Å². The van der Waals surface area contributed by atoms with E-state index < -0.39 is 37.3 Å². The van der Waals surface area contributed by atoms with Gasteiger partial charge in [-0.15, -0.1) is 0 Å². The number of aliphatic hydroxyl groups excluding tert-OH is 4. The van der Waals surface area contributed by atoms with Gasteiger partial charge in [-0.2, -0.15) is 0 Å². The lowest BCUT2D eigenvalue weighted by Crippen LogP contribution is -2.59. The second-order valence-electron chi connectivity index (χ2n) is 5.71. The normalized spacial score (nSPS) is 34.9. The largest absolute Gasteiger partial charge is 0.394 e. The van der Waals surface area contributed by atoms with Crippen LogP contribution in [0.2, 0.25) is 0 Å². The fourth-order valence-electron chi connectivity index (χ4n) is 2.54. The van der Waals surface area contributed by atoms with E-state index in [-0.39, 0.29) is 6.10 Å². The molecule has 0 saturated carbocycles. The summed E-state index contributed by atoms with van der Waals surface area (Å²) in [5, 5.41) is 38.5. The molecule has 0 amide bonds. The van der Waals surface area contributed by atoms with Crippen LogP contribution in [-0.2, 0) is 9.47 Å². The Bertz CT molecular complexity index is 273. The zero-order valence-corrected chi connectivity index (χ0v) is 13.0. The highest BCUT2D eigenvalue weighted by Crippen LogP contribution is 2.24. The van der Waals surface area contributed by atoms with Crippen molar-refractivity contribution in [3.05, 3.63) is 0 Å². The number of unbranched alkanes of at least 4 members (excludes halogenated alkanes) is 3. The number of ether oxygens (including phenoxy) is 2. The molecule has 0 aliphatic carbocycles. The van der Waals surface area contributed by atoms with Crippen molar-refractivity contribution in [3.63, 3.8) is 0 Å². The summed E-state index contributed by atoms with van der Waals surface area (Å²) in [4.78, 5) is 0. The number of aliphatic hydroxyl groups is 4. The first-order valence-corrected chi connectivity index (χ1v) is 8.01. The Morgan fingerprint density at radius 1 is 1.00 bits per heavy atom. The molecule has 1 fully saturated rings. The van der Waals surface area contributed by atoms with E-state index in [1.165, 1.54) is 12.8 Å². The Balaban J connectivity index is 2.49. The van der Waals surface area contributed by atoms with Gasteiger partial charge >= 0.3 is 0 Å². The first-order chi connectivity index (χ1) is 10.0. The molecule has 6 heteroatoms. The van der Waals surface area contributed by atoms with Crippen LogP contribution in [0.1, 0.15) is 52.4 Å². The fraction of sp³-hybridized carbons (Fsp3) is 1.00. The smallest absolute Gasteiger partial charge is 0.186 e. The van der Waals surface area contributed by atoms with Crippen molar-refractivity contribution in [3.8, 4) is 0 Å². The van der Waals surface area contributed by atoms with E-state index in [0.29, 0.717) is 0 Å². The molecule has 0 radical (unpaired) electrons. The number of hydrogen-bond acceptors (Lipinski definition) is 6. The third-order valence-corrected chi connectivity index (χ3v) is 4.01. The lowest BCUT2D eigenvalue weighted by molar-refractivity contribution is -0.311. The van der Waals surface area contributed by atoms with Crippen LogP contribution in [0.25, 0.3) is 0 Å². The van der Waals surface area contributed by atoms with Gasteiger partial charge in [0.1, 0.15) is 24.4 Å². The van der Waals surface area contributed by atoms with Crippen LogP contribution in [0, 0.1) is 0 Å². The molecule has 0 aromatic carbocycles. The molecule has 1 saturated heterocycles. The van der Waals surface area contributed by atoms with Gasteiger partial charge in [-0.3, -0.25) is 0 Å². The van der Waals surface area contributed by atoms with Crippen LogP contribution < -0.4 is 0 Å². The molecule has 4 N–H and O–H groups in total. The molecular weight excluding hydrogens is 276 g/mol. The van der Waals surface area contributed by atoms with Crippen molar-refractivity contribution in [1.82, 2.24) is 0 Å². The van der Waals surface area contributed by atoms with Crippen LogP contribution >= 0.6 is 0 Å². The maximum atomic E-state index is 9.93. The molecule has 1 rings (SSSR count). The predicted octanol–water partition coefficient (Wildman–Crippen LogP) is 0.552. The highest BCUT2D eigenvalue weighted by molar-refractivity contribution is 4.89. The molecule has 1 aliphatic heterocycles. The lowest BCUT2D eigenvalue weighted by Gasteiger charge is -2.40. The van der Waals surface area contributed by atoms with Gasteiger partial charge in [0.2, 0.25) is 0 Å². The van der Waals surface area contributed by atoms with E-state index in [1.54, 1.807) is 0 Å². The Morgan fingerprint density at radius 2 is 1.71 bits per heavy atom. The molecule has 6 atom stereocenters. The van der Waals surface area contributed by atoms with Gasteiger partial charge in [0.25, 0.3) is 0 Å². The maximum Gasteiger partial charge on any atom is 0.186 e. The monoisotopic (exact) mass is 306 g/mol. The van der Waals surface area contributed by atoms with Crippen molar-refractivity contribution in [2.45, 2.75) is 89.2 Å². The summed E-state index contributed by atoms with van der Waals surface area (Å²) in [6, 6.07) is 0. The molecule has 21 heavy (non-hydrogen) atoms. The highest BCUT2D eigenvalue weighted by atomic mass is 16.7. The van der Waals surface area contributed by atoms with Crippen molar-refractivity contribution >= 4 is 0 Å². The fourth-order valence-corrected chi connectivity index (χ4v) is 2.54. The van der Waals surface area contributed by atoms with Gasteiger partial charge in [0.15, 0.2) is 6.29 Å². The molecular formula is C15H30O6. The lowest BCUT2D eigenvalue weighted by atomic mass is 9.99. The maximum absolute atomic E-state index is 9.93. The van der Waals surface area contributed by atoms with Gasteiger partial charge in [-0.05, 0) is 12.8 Å². The molecule has 0 bridgehead atoms.